The van der Waals surface area contributed by atoms with E-state index in [0.29, 0.717) is 5.69 Å². The van der Waals surface area contributed by atoms with Crippen molar-refractivity contribution in [2.24, 2.45) is 0 Å². The lowest BCUT2D eigenvalue weighted by Crippen LogP contribution is -2.23. The summed E-state index contributed by atoms with van der Waals surface area (Å²) in [6, 6.07) is 28.4. The molecule has 0 fully saturated rings. The van der Waals surface area contributed by atoms with Crippen LogP contribution in [0.3, 0.4) is 0 Å². The van der Waals surface area contributed by atoms with Crippen LogP contribution in [0, 0.1) is 13.8 Å². The van der Waals surface area contributed by atoms with Crippen LogP contribution >= 0.6 is 11.8 Å². The number of carbonyl (C=O) groups excluding carboxylic acids is 1. The Morgan fingerprint density at radius 2 is 1.54 bits per heavy atom. The molecule has 2 N–H and O–H groups in total. The quantitative estimate of drug-likeness (QED) is 0.196. The Balaban J connectivity index is 1.46. The average molecular weight is 559 g/mol. The minimum Gasteiger partial charge on any atom is -0.375 e. The molecule has 0 atom stereocenters. The van der Waals surface area contributed by atoms with E-state index in [1.54, 1.807) is 48.2 Å². The van der Waals surface area contributed by atoms with Crippen LogP contribution in [0.4, 0.5) is 11.4 Å². The zero-order valence-corrected chi connectivity index (χ0v) is 24.3. The molecule has 1 amide bonds. The number of aryl methyl sites for hydroxylation is 2. The maximum atomic E-state index is 13.6. The Labute approximate surface area is 236 Å². The van der Waals surface area contributed by atoms with Crippen molar-refractivity contribution >= 4 is 38.9 Å². The molecule has 0 saturated carbocycles. The van der Waals surface area contributed by atoms with E-state index in [4.69, 9.17) is 0 Å². The molecule has 39 heavy (non-hydrogen) atoms. The highest BCUT2D eigenvalue weighted by molar-refractivity contribution is 7.98. The van der Waals surface area contributed by atoms with Crippen molar-refractivity contribution in [3.8, 4) is 0 Å². The maximum absolute atomic E-state index is 13.6. The van der Waals surface area contributed by atoms with E-state index in [0.717, 1.165) is 28.1 Å². The topological polar surface area (TPSA) is 75.3 Å². The van der Waals surface area contributed by atoms with E-state index in [-0.39, 0.29) is 28.2 Å². The van der Waals surface area contributed by atoms with Gasteiger partial charge in [0.2, 0.25) is 15.7 Å². The second kappa shape index (κ2) is 12.5. The zero-order valence-electron chi connectivity index (χ0n) is 22.7. The van der Waals surface area contributed by atoms with Gasteiger partial charge in [-0.05, 0) is 78.9 Å². The van der Waals surface area contributed by atoms with Gasteiger partial charge >= 0.3 is 0 Å². The number of thioether (sulfide) groups is 1. The largest absolute Gasteiger partial charge is 0.375 e. The summed E-state index contributed by atoms with van der Waals surface area (Å²) in [5, 5.41) is 6.01. The fraction of sp³-hybridized carbons (Fsp3) is 0.219. The van der Waals surface area contributed by atoms with E-state index in [2.05, 4.69) is 28.8 Å². The van der Waals surface area contributed by atoms with Crippen molar-refractivity contribution in [3.63, 3.8) is 0 Å². The molecular formula is C32H34N2O3S2. The van der Waals surface area contributed by atoms with Crippen LogP contribution in [0.2, 0.25) is 0 Å². The number of nitrogens with one attached hydrogen (secondary N) is 2. The molecule has 7 heteroatoms. The highest BCUT2D eigenvalue weighted by Crippen LogP contribution is 2.31. The average Bonchev–Trinajstić information content (AvgIpc) is 2.92. The first-order valence-electron chi connectivity index (χ1n) is 12.9. The Kier molecular flexibility index (Phi) is 9.15. The monoisotopic (exact) mass is 558 g/mol. The van der Waals surface area contributed by atoms with E-state index in [1.807, 2.05) is 64.1 Å². The summed E-state index contributed by atoms with van der Waals surface area (Å²) in [7, 11) is -3.78. The third-order valence-corrected chi connectivity index (χ3v) is 9.34. The summed E-state index contributed by atoms with van der Waals surface area (Å²) in [5.74, 6) is 0.744. The Bertz CT molecular complexity index is 1550. The molecule has 0 aliphatic heterocycles. The summed E-state index contributed by atoms with van der Waals surface area (Å²) >= 11 is 1.77. The van der Waals surface area contributed by atoms with Gasteiger partial charge in [0.1, 0.15) is 0 Å². The molecule has 0 spiro atoms. The minimum atomic E-state index is -3.78. The predicted octanol–water partition coefficient (Wildman–Crippen LogP) is 7.60. The standard InChI is InChI=1S/C32H34N2O3S2/c1-22(2)26-13-17-30(31(19-26)39(36,37)28-14-10-23(3)11-15-28)33-20-32(35)34-29-16-12-25(18-24(29)4)21-38-27-8-6-5-7-9-27/h5-19,22,33H,20-21H2,1-4H3,(H,34,35). The molecule has 5 nitrogen and oxygen atoms in total. The van der Waals surface area contributed by atoms with Crippen molar-refractivity contribution < 1.29 is 13.2 Å². The number of anilines is 2. The van der Waals surface area contributed by atoms with Gasteiger partial charge in [-0.1, -0.05) is 67.9 Å². The number of hydrogen-bond acceptors (Lipinski definition) is 5. The van der Waals surface area contributed by atoms with Gasteiger partial charge in [0, 0.05) is 16.3 Å². The second-order valence-corrected chi connectivity index (χ2v) is 12.8. The summed E-state index contributed by atoms with van der Waals surface area (Å²) in [5.41, 5.74) is 5.18. The van der Waals surface area contributed by atoms with E-state index >= 15 is 0 Å². The molecule has 0 unspecified atom stereocenters. The Hall–Kier alpha value is -3.55. The van der Waals surface area contributed by atoms with E-state index < -0.39 is 9.84 Å². The van der Waals surface area contributed by atoms with Crippen molar-refractivity contribution in [2.75, 3.05) is 17.2 Å². The highest BCUT2D eigenvalue weighted by Gasteiger charge is 2.23. The fourth-order valence-electron chi connectivity index (χ4n) is 4.12. The van der Waals surface area contributed by atoms with Crippen LogP contribution in [0.5, 0.6) is 0 Å². The summed E-state index contributed by atoms with van der Waals surface area (Å²) in [6.45, 7) is 7.86. The smallest absolute Gasteiger partial charge is 0.243 e. The van der Waals surface area contributed by atoms with Gasteiger partial charge < -0.3 is 10.6 Å². The zero-order chi connectivity index (χ0) is 28.0. The van der Waals surface area contributed by atoms with Crippen LogP contribution in [0.25, 0.3) is 0 Å². The van der Waals surface area contributed by atoms with E-state index in [1.165, 1.54) is 10.5 Å². The van der Waals surface area contributed by atoms with Crippen molar-refractivity contribution in [1.29, 1.82) is 0 Å². The molecule has 0 aliphatic carbocycles. The number of amides is 1. The third kappa shape index (κ3) is 7.31. The fourth-order valence-corrected chi connectivity index (χ4v) is 6.45. The molecule has 4 aromatic carbocycles. The lowest BCUT2D eigenvalue weighted by atomic mass is 10.0. The highest BCUT2D eigenvalue weighted by atomic mass is 32.2. The van der Waals surface area contributed by atoms with Gasteiger partial charge in [-0.15, -0.1) is 11.8 Å². The first kappa shape index (κ1) is 28.5. The Morgan fingerprint density at radius 3 is 2.21 bits per heavy atom. The molecule has 4 rings (SSSR count). The molecule has 0 radical (unpaired) electrons. The van der Waals surface area contributed by atoms with E-state index in [9.17, 15) is 13.2 Å². The lowest BCUT2D eigenvalue weighted by Gasteiger charge is -2.16. The molecular weight excluding hydrogens is 524 g/mol. The third-order valence-electron chi connectivity index (χ3n) is 6.45. The van der Waals surface area contributed by atoms with Crippen LogP contribution in [-0.4, -0.2) is 20.9 Å². The second-order valence-electron chi connectivity index (χ2n) is 9.88. The maximum Gasteiger partial charge on any atom is 0.243 e. The molecule has 0 aliphatic rings. The minimum absolute atomic E-state index is 0.0670. The number of sulfone groups is 1. The number of benzene rings is 4. The van der Waals surface area contributed by atoms with Gasteiger partial charge in [0.15, 0.2) is 0 Å². The first-order valence-corrected chi connectivity index (χ1v) is 15.4. The van der Waals surface area contributed by atoms with Crippen molar-refractivity contribution in [3.05, 3.63) is 113 Å². The van der Waals surface area contributed by atoms with Gasteiger partial charge in [-0.3, -0.25) is 4.79 Å². The molecule has 0 bridgehead atoms. The van der Waals surface area contributed by atoms with Crippen LogP contribution in [0.15, 0.2) is 106 Å². The van der Waals surface area contributed by atoms with Gasteiger partial charge in [0.05, 0.1) is 22.0 Å². The molecule has 202 valence electrons. The number of hydrogen-bond donors (Lipinski definition) is 2. The van der Waals surface area contributed by atoms with Crippen LogP contribution in [-0.2, 0) is 20.4 Å². The van der Waals surface area contributed by atoms with Crippen molar-refractivity contribution in [1.82, 2.24) is 0 Å². The summed E-state index contributed by atoms with van der Waals surface area (Å²) in [4.78, 5) is 14.5. The molecule has 0 aromatic heterocycles. The SMILES string of the molecule is Cc1ccc(S(=O)(=O)c2cc(C(C)C)ccc2NCC(=O)Nc2ccc(CSc3ccccc3)cc2C)cc1. The van der Waals surface area contributed by atoms with Crippen LogP contribution in [0.1, 0.15) is 42.0 Å². The normalized spacial score (nSPS) is 11.4. The summed E-state index contributed by atoms with van der Waals surface area (Å²) in [6.07, 6.45) is 0. The van der Waals surface area contributed by atoms with Gasteiger partial charge in [0.25, 0.3) is 0 Å². The van der Waals surface area contributed by atoms with Gasteiger partial charge in [-0.25, -0.2) is 8.42 Å². The number of carbonyl (C=O) groups is 1. The van der Waals surface area contributed by atoms with Gasteiger partial charge in [-0.2, -0.15) is 0 Å². The Morgan fingerprint density at radius 1 is 0.846 bits per heavy atom. The molecule has 0 saturated heterocycles. The first-order chi connectivity index (χ1) is 18.6. The number of rotatable bonds is 10. The molecule has 0 heterocycles. The van der Waals surface area contributed by atoms with Crippen molar-refractivity contribution in [2.45, 2.75) is 54.1 Å². The lowest BCUT2D eigenvalue weighted by molar-refractivity contribution is -0.114. The predicted molar refractivity (Wildman–Crippen MR) is 161 cm³/mol. The molecule has 4 aromatic rings. The van der Waals surface area contributed by atoms with Crippen LogP contribution < -0.4 is 10.6 Å². The summed E-state index contributed by atoms with van der Waals surface area (Å²) < 4.78 is 27.1.